The van der Waals surface area contributed by atoms with Crippen LogP contribution in [0.5, 0.6) is 0 Å². The number of hydrogen-bond donors (Lipinski definition) is 1. The minimum Gasteiger partial charge on any atom is -0.385 e. The number of carbonyl (C=O) groups excluding carboxylic acids is 1. The Labute approximate surface area is 86.2 Å². The third-order valence-corrected chi connectivity index (χ3v) is 1.97. The predicted octanol–water partition coefficient (Wildman–Crippen LogP) is 1.33. The van der Waals surface area contributed by atoms with Crippen molar-refractivity contribution >= 4 is 5.91 Å². The normalized spacial score (nSPS) is 11.8. The number of amides is 1. The summed E-state index contributed by atoms with van der Waals surface area (Å²) in [5, 5.41) is 2.89. The molecule has 0 aromatic carbocycles. The van der Waals surface area contributed by atoms with E-state index in [-0.39, 0.29) is 11.9 Å². The second kappa shape index (κ2) is 8.58. The SMILES string of the molecule is C#CCC(CC)NC(=O)CCCOC. The van der Waals surface area contributed by atoms with Gasteiger partial charge in [-0.05, 0) is 12.8 Å². The van der Waals surface area contributed by atoms with Crippen molar-refractivity contribution in [2.45, 2.75) is 38.6 Å². The molecule has 3 heteroatoms. The summed E-state index contributed by atoms with van der Waals surface area (Å²) in [6.45, 7) is 2.64. The molecule has 0 aliphatic carbocycles. The molecule has 1 N–H and O–H groups in total. The zero-order valence-electron chi connectivity index (χ0n) is 9.01. The second-order valence-corrected chi connectivity index (χ2v) is 3.18. The molecular weight excluding hydrogens is 178 g/mol. The van der Waals surface area contributed by atoms with Crippen molar-refractivity contribution in [2.24, 2.45) is 0 Å². The second-order valence-electron chi connectivity index (χ2n) is 3.18. The van der Waals surface area contributed by atoms with E-state index in [4.69, 9.17) is 11.2 Å². The fraction of sp³-hybridized carbons (Fsp3) is 0.727. The van der Waals surface area contributed by atoms with Crippen molar-refractivity contribution in [3.05, 3.63) is 0 Å². The summed E-state index contributed by atoms with van der Waals surface area (Å²) in [7, 11) is 1.63. The van der Waals surface area contributed by atoms with Crippen LogP contribution in [0.2, 0.25) is 0 Å². The first kappa shape index (κ1) is 13.0. The Hall–Kier alpha value is -1.01. The van der Waals surface area contributed by atoms with Crippen LogP contribution < -0.4 is 5.32 Å². The topological polar surface area (TPSA) is 38.3 Å². The molecule has 3 nitrogen and oxygen atoms in total. The van der Waals surface area contributed by atoms with Crippen LogP contribution in [0.1, 0.15) is 32.6 Å². The maximum absolute atomic E-state index is 11.3. The molecule has 0 spiro atoms. The summed E-state index contributed by atoms with van der Waals surface area (Å²) >= 11 is 0. The average molecular weight is 197 g/mol. The number of methoxy groups -OCH3 is 1. The molecule has 0 bridgehead atoms. The maximum Gasteiger partial charge on any atom is 0.220 e. The molecule has 0 radical (unpaired) electrons. The van der Waals surface area contributed by atoms with E-state index in [0.717, 1.165) is 12.8 Å². The zero-order chi connectivity index (χ0) is 10.8. The highest BCUT2D eigenvalue weighted by atomic mass is 16.5. The van der Waals surface area contributed by atoms with Crippen molar-refractivity contribution in [3.8, 4) is 12.3 Å². The molecular formula is C11H19NO2. The van der Waals surface area contributed by atoms with Gasteiger partial charge in [0.1, 0.15) is 0 Å². The summed E-state index contributed by atoms with van der Waals surface area (Å²) in [4.78, 5) is 11.3. The molecule has 0 saturated carbocycles. The minimum absolute atomic E-state index is 0.0594. The molecule has 1 unspecified atom stereocenters. The number of terminal acetylenes is 1. The molecule has 0 aliphatic heterocycles. The first-order valence-corrected chi connectivity index (χ1v) is 4.96. The van der Waals surface area contributed by atoms with Crippen LogP contribution in [0, 0.1) is 12.3 Å². The van der Waals surface area contributed by atoms with E-state index in [1.54, 1.807) is 7.11 Å². The molecule has 80 valence electrons. The van der Waals surface area contributed by atoms with Gasteiger partial charge in [-0.1, -0.05) is 6.92 Å². The molecule has 0 aromatic heterocycles. The molecule has 0 aromatic rings. The fourth-order valence-electron chi connectivity index (χ4n) is 1.12. The highest BCUT2D eigenvalue weighted by Crippen LogP contribution is 1.98. The quantitative estimate of drug-likeness (QED) is 0.494. The van der Waals surface area contributed by atoms with Gasteiger partial charge in [-0.3, -0.25) is 4.79 Å². The van der Waals surface area contributed by atoms with Crippen LogP contribution in [0.15, 0.2) is 0 Å². The smallest absolute Gasteiger partial charge is 0.220 e. The summed E-state index contributed by atoms with van der Waals surface area (Å²) in [6.07, 6.45) is 7.93. The van der Waals surface area contributed by atoms with Gasteiger partial charge in [-0.25, -0.2) is 0 Å². The monoisotopic (exact) mass is 197 g/mol. The van der Waals surface area contributed by atoms with Crippen LogP contribution in [0.4, 0.5) is 0 Å². The summed E-state index contributed by atoms with van der Waals surface area (Å²) in [5.41, 5.74) is 0. The van der Waals surface area contributed by atoms with Crippen molar-refractivity contribution < 1.29 is 9.53 Å². The van der Waals surface area contributed by atoms with E-state index in [0.29, 0.717) is 19.4 Å². The van der Waals surface area contributed by atoms with Crippen molar-refractivity contribution in [3.63, 3.8) is 0 Å². The van der Waals surface area contributed by atoms with Gasteiger partial charge in [0.2, 0.25) is 5.91 Å². The predicted molar refractivity (Wildman–Crippen MR) is 56.8 cm³/mol. The van der Waals surface area contributed by atoms with Gasteiger partial charge in [0.25, 0.3) is 0 Å². The third-order valence-electron chi connectivity index (χ3n) is 1.97. The van der Waals surface area contributed by atoms with E-state index in [1.165, 1.54) is 0 Å². The van der Waals surface area contributed by atoms with Crippen LogP contribution >= 0.6 is 0 Å². The van der Waals surface area contributed by atoms with Gasteiger partial charge in [0, 0.05) is 32.6 Å². The Balaban J connectivity index is 3.63. The maximum atomic E-state index is 11.3. The van der Waals surface area contributed by atoms with Crippen molar-refractivity contribution in [1.29, 1.82) is 0 Å². The molecule has 0 fully saturated rings. The average Bonchev–Trinajstić information content (AvgIpc) is 2.17. The van der Waals surface area contributed by atoms with Gasteiger partial charge >= 0.3 is 0 Å². The summed E-state index contributed by atoms with van der Waals surface area (Å²) in [5.74, 6) is 2.61. The van der Waals surface area contributed by atoms with Gasteiger partial charge in [0.05, 0.1) is 0 Å². The largest absolute Gasteiger partial charge is 0.385 e. The zero-order valence-corrected chi connectivity index (χ0v) is 9.01. The Bertz CT molecular complexity index is 196. The Morgan fingerprint density at radius 3 is 2.86 bits per heavy atom. The molecule has 14 heavy (non-hydrogen) atoms. The number of nitrogens with one attached hydrogen (secondary N) is 1. The van der Waals surface area contributed by atoms with Crippen LogP contribution in [0.3, 0.4) is 0 Å². The molecule has 0 aliphatic rings. The fourth-order valence-corrected chi connectivity index (χ4v) is 1.12. The Morgan fingerprint density at radius 2 is 2.36 bits per heavy atom. The van der Waals surface area contributed by atoms with Crippen LogP contribution in [-0.2, 0) is 9.53 Å². The van der Waals surface area contributed by atoms with E-state index in [1.807, 2.05) is 6.92 Å². The van der Waals surface area contributed by atoms with Crippen molar-refractivity contribution in [1.82, 2.24) is 5.32 Å². The summed E-state index contributed by atoms with van der Waals surface area (Å²) < 4.78 is 4.86. The lowest BCUT2D eigenvalue weighted by Crippen LogP contribution is -2.34. The van der Waals surface area contributed by atoms with E-state index >= 15 is 0 Å². The van der Waals surface area contributed by atoms with Crippen LogP contribution in [-0.4, -0.2) is 25.7 Å². The van der Waals surface area contributed by atoms with Gasteiger partial charge in [-0.15, -0.1) is 12.3 Å². The number of hydrogen-bond acceptors (Lipinski definition) is 2. The lowest BCUT2D eigenvalue weighted by Gasteiger charge is -2.13. The first-order chi connectivity index (χ1) is 6.74. The summed E-state index contributed by atoms with van der Waals surface area (Å²) in [6, 6.07) is 0.120. The molecule has 1 atom stereocenters. The number of rotatable bonds is 7. The third kappa shape index (κ3) is 6.50. The standard InChI is InChI=1S/C11H19NO2/c1-4-7-10(5-2)12-11(13)8-6-9-14-3/h1,10H,5-9H2,2-3H3,(H,12,13). The molecule has 0 rings (SSSR count). The Morgan fingerprint density at radius 1 is 1.64 bits per heavy atom. The highest BCUT2D eigenvalue weighted by molar-refractivity contribution is 5.76. The highest BCUT2D eigenvalue weighted by Gasteiger charge is 2.08. The van der Waals surface area contributed by atoms with Gasteiger partial charge in [-0.2, -0.15) is 0 Å². The van der Waals surface area contributed by atoms with E-state index in [2.05, 4.69) is 11.2 Å². The van der Waals surface area contributed by atoms with Gasteiger partial charge < -0.3 is 10.1 Å². The molecule has 0 saturated heterocycles. The van der Waals surface area contributed by atoms with Gasteiger partial charge in [0.15, 0.2) is 0 Å². The van der Waals surface area contributed by atoms with Crippen LogP contribution in [0.25, 0.3) is 0 Å². The molecule has 1 amide bonds. The van der Waals surface area contributed by atoms with E-state index in [9.17, 15) is 4.79 Å². The molecule has 0 heterocycles. The number of ether oxygens (including phenoxy) is 1. The van der Waals surface area contributed by atoms with Crippen molar-refractivity contribution in [2.75, 3.05) is 13.7 Å². The lowest BCUT2D eigenvalue weighted by molar-refractivity contribution is -0.122. The minimum atomic E-state index is 0.0594. The first-order valence-electron chi connectivity index (χ1n) is 4.96. The van der Waals surface area contributed by atoms with E-state index < -0.39 is 0 Å². The Kier molecular flexibility index (Phi) is 7.96. The lowest BCUT2D eigenvalue weighted by atomic mass is 10.1. The number of carbonyl (C=O) groups is 1.